The Morgan fingerprint density at radius 2 is 2.17 bits per heavy atom. The molecule has 2 rings (SSSR count). The summed E-state index contributed by atoms with van der Waals surface area (Å²) in [4.78, 5) is 14.0. The van der Waals surface area contributed by atoms with Crippen LogP contribution in [-0.2, 0) is 0 Å². The molecule has 0 aliphatic rings. The number of nitrogens with one attached hydrogen (secondary N) is 1. The molecule has 0 spiro atoms. The molecular weight excluding hydrogens is 374 g/mol. The van der Waals surface area contributed by atoms with Crippen molar-refractivity contribution in [1.82, 2.24) is 5.43 Å². The fourth-order valence-electron chi connectivity index (χ4n) is 2.27. The Morgan fingerprint density at radius 3 is 2.75 bits per heavy atom. The van der Waals surface area contributed by atoms with E-state index < -0.39 is 5.91 Å². The molecule has 1 aromatic carbocycles. The summed E-state index contributed by atoms with van der Waals surface area (Å²) < 4.78 is 11.4. The number of rotatable bonds is 7. The van der Waals surface area contributed by atoms with Gasteiger partial charge in [0.2, 0.25) is 0 Å². The molecule has 2 aromatic rings. The van der Waals surface area contributed by atoms with Crippen molar-refractivity contribution in [3.63, 3.8) is 0 Å². The van der Waals surface area contributed by atoms with Gasteiger partial charge in [-0.25, -0.2) is 5.43 Å². The average Bonchev–Trinajstić information content (AvgIpc) is 3.12. The fraction of sp³-hybridized carbons (Fsp3) is 0.294. The maximum atomic E-state index is 11.8. The highest BCUT2D eigenvalue weighted by Crippen LogP contribution is 2.33. The van der Waals surface area contributed by atoms with Gasteiger partial charge in [0, 0.05) is 29.2 Å². The van der Waals surface area contributed by atoms with Gasteiger partial charge in [-0.2, -0.15) is 5.10 Å². The zero-order valence-electron chi connectivity index (χ0n) is 13.9. The molecule has 0 bridgehead atoms. The van der Waals surface area contributed by atoms with Crippen molar-refractivity contribution >= 4 is 33.7 Å². The Hall–Kier alpha value is -2.28. The third-order valence-corrected chi connectivity index (χ3v) is 4.15. The molecule has 0 radical (unpaired) electrons. The molecule has 6 nitrogen and oxygen atoms in total. The number of ether oxygens (including phenoxy) is 1. The highest BCUT2D eigenvalue weighted by Gasteiger charge is 2.12. The van der Waals surface area contributed by atoms with Gasteiger partial charge in [-0.15, -0.1) is 0 Å². The molecule has 1 N–H and O–H groups in total. The number of hydrazone groups is 1. The smallest absolute Gasteiger partial charge is 0.307 e. The lowest BCUT2D eigenvalue weighted by atomic mass is 10.2. The number of methoxy groups -OCH3 is 1. The second-order valence-electron chi connectivity index (χ2n) is 4.89. The maximum Gasteiger partial charge on any atom is 0.307 e. The van der Waals surface area contributed by atoms with Crippen molar-refractivity contribution in [3.8, 4) is 5.75 Å². The molecular formula is C17H20BrN3O3. The minimum Gasteiger partial charge on any atom is -0.496 e. The molecule has 24 heavy (non-hydrogen) atoms. The highest BCUT2D eigenvalue weighted by molar-refractivity contribution is 9.10. The summed E-state index contributed by atoms with van der Waals surface area (Å²) in [6.07, 6.45) is 2.97. The lowest BCUT2D eigenvalue weighted by Gasteiger charge is -2.23. The van der Waals surface area contributed by atoms with Crippen LogP contribution in [0, 0.1) is 0 Å². The van der Waals surface area contributed by atoms with Crippen molar-refractivity contribution in [3.05, 3.63) is 46.3 Å². The van der Waals surface area contributed by atoms with Gasteiger partial charge in [0.15, 0.2) is 5.76 Å². The predicted octanol–water partition coefficient (Wildman–Crippen LogP) is 3.66. The molecule has 0 atom stereocenters. The van der Waals surface area contributed by atoms with E-state index >= 15 is 0 Å². The maximum absolute atomic E-state index is 11.8. The number of furan rings is 1. The summed E-state index contributed by atoms with van der Waals surface area (Å²) in [6, 6.07) is 7.08. The lowest BCUT2D eigenvalue weighted by Crippen LogP contribution is -2.22. The van der Waals surface area contributed by atoms with E-state index in [2.05, 4.69) is 45.2 Å². The molecule has 128 valence electrons. The van der Waals surface area contributed by atoms with E-state index in [-0.39, 0.29) is 5.76 Å². The minimum absolute atomic E-state index is 0.206. The molecule has 0 saturated carbocycles. The minimum atomic E-state index is -0.408. The van der Waals surface area contributed by atoms with E-state index in [1.165, 1.54) is 12.5 Å². The summed E-state index contributed by atoms with van der Waals surface area (Å²) in [5.41, 5.74) is 4.22. The summed E-state index contributed by atoms with van der Waals surface area (Å²) >= 11 is 3.58. The van der Waals surface area contributed by atoms with Crippen LogP contribution < -0.4 is 15.1 Å². The van der Waals surface area contributed by atoms with Gasteiger partial charge in [-0.3, -0.25) is 4.79 Å². The monoisotopic (exact) mass is 393 g/mol. The zero-order valence-corrected chi connectivity index (χ0v) is 15.5. The van der Waals surface area contributed by atoms with Gasteiger partial charge in [-0.1, -0.05) is 0 Å². The number of amides is 1. The van der Waals surface area contributed by atoms with Crippen molar-refractivity contribution in [2.45, 2.75) is 13.8 Å². The lowest BCUT2D eigenvalue weighted by molar-refractivity contribution is 0.0927. The van der Waals surface area contributed by atoms with Gasteiger partial charge in [0.25, 0.3) is 0 Å². The molecule has 0 unspecified atom stereocenters. The van der Waals surface area contributed by atoms with Crippen LogP contribution in [-0.4, -0.2) is 32.3 Å². The summed E-state index contributed by atoms with van der Waals surface area (Å²) in [5, 5.41) is 3.96. The Kier molecular flexibility index (Phi) is 6.43. The second-order valence-corrected chi connectivity index (χ2v) is 5.75. The molecule has 1 heterocycles. The van der Waals surface area contributed by atoms with Crippen LogP contribution in [0.3, 0.4) is 0 Å². The number of halogens is 1. The van der Waals surface area contributed by atoms with Crippen LogP contribution in [0.1, 0.15) is 30.0 Å². The van der Waals surface area contributed by atoms with E-state index in [1.54, 1.807) is 19.2 Å². The fourth-order valence-corrected chi connectivity index (χ4v) is 2.88. The summed E-state index contributed by atoms with van der Waals surface area (Å²) in [5.74, 6) is 0.474. The average molecular weight is 394 g/mol. The Balaban J connectivity index is 2.19. The van der Waals surface area contributed by atoms with Crippen molar-refractivity contribution in [2.75, 3.05) is 25.1 Å². The number of anilines is 1. The number of hydrogen-bond donors (Lipinski definition) is 1. The Bertz CT molecular complexity index is 710. The number of benzene rings is 1. The van der Waals surface area contributed by atoms with Crippen molar-refractivity contribution < 1.29 is 13.9 Å². The SMILES string of the molecule is CCN(CC)c1cc(OC)c(/C=N\NC(=O)c2ccco2)cc1Br. The predicted molar refractivity (Wildman–Crippen MR) is 98.0 cm³/mol. The topological polar surface area (TPSA) is 67.1 Å². The molecule has 1 aromatic heterocycles. The summed E-state index contributed by atoms with van der Waals surface area (Å²) in [6.45, 7) is 5.99. The second kappa shape index (κ2) is 8.54. The zero-order chi connectivity index (χ0) is 17.5. The van der Waals surface area contributed by atoms with Crippen molar-refractivity contribution in [2.24, 2.45) is 5.10 Å². The Morgan fingerprint density at radius 1 is 1.42 bits per heavy atom. The first kappa shape index (κ1) is 18.1. The van der Waals surface area contributed by atoms with E-state index in [9.17, 15) is 4.79 Å². The van der Waals surface area contributed by atoms with Gasteiger partial charge >= 0.3 is 5.91 Å². The molecule has 0 saturated heterocycles. The third kappa shape index (κ3) is 4.17. The largest absolute Gasteiger partial charge is 0.496 e. The molecule has 0 fully saturated rings. The first-order chi connectivity index (χ1) is 11.6. The van der Waals surface area contributed by atoms with Crippen LogP contribution in [0.25, 0.3) is 0 Å². The Labute approximate surface area is 149 Å². The van der Waals surface area contributed by atoms with Crippen LogP contribution in [0.2, 0.25) is 0 Å². The molecule has 1 amide bonds. The highest BCUT2D eigenvalue weighted by atomic mass is 79.9. The number of hydrogen-bond acceptors (Lipinski definition) is 5. The number of carbonyl (C=O) groups is 1. The van der Waals surface area contributed by atoms with Crippen LogP contribution >= 0.6 is 15.9 Å². The first-order valence-electron chi connectivity index (χ1n) is 7.60. The molecule has 0 aliphatic heterocycles. The van der Waals surface area contributed by atoms with Gasteiger partial charge in [0.05, 0.1) is 25.3 Å². The van der Waals surface area contributed by atoms with E-state index in [4.69, 9.17) is 9.15 Å². The van der Waals surface area contributed by atoms with Gasteiger partial charge < -0.3 is 14.1 Å². The van der Waals surface area contributed by atoms with E-state index in [0.717, 1.165) is 28.8 Å². The standard InChI is InChI=1S/C17H20BrN3O3/c1-4-21(5-2)14-10-16(23-3)12(9-13(14)18)11-19-20-17(22)15-7-6-8-24-15/h6-11H,4-5H2,1-3H3,(H,20,22)/b19-11-. The first-order valence-corrected chi connectivity index (χ1v) is 8.39. The van der Waals surface area contributed by atoms with Crippen LogP contribution in [0.15, 0.2) is 44.5 Å². The molecule has 0 aliphatic carbocycles. The normalized spacial score (nSPS) is 10.8. The quantitative estimate of drug-likeness (QED) is 0.575. The number of carbonyl (C=O) groups excluding carboxylic acids is 1. The van der Waals surface area contributed by atoms with Gasteiger partial charge in [-0.05, 0) is 48.0 Å². The summed E-state index contributed by atoms with van der Waals surface area (Å²) in [7, 11) is 1.61. The third-order valence-electron chi connectivity index (χ3n) is 3.52. The van der Waals surface area contributed by atoms with Crippen molar-refractivity contribution in [1.29, 1.82) is 0 Å². The van der Waals surface area contributed by atoms with Crippen LogP contribution in [0.5, 0.6) is 5.75 Å². The van der Waals surface area contributed by atoms with Gasteiger partial charge in [0.1, 0.15) is 5.75 Å². The molecule has 7 heteroatoms. The number of nitrogens with zero attached hydrogens (tertiary/aromatic N) is 2. The van der Waals surface area contributed by atoms with Crippen LogP contribution in [0.4, 0.5) is 5.69 Å². The van der Waals surface area contributed by atoms with E-state index in [0.29, 0.717) is 5.75 Å². The van der Waals surface area contributed by atoms with E-state index in [1.807, 2.05) is 12.1 Å².